The van der Waals surface area contributed by atoms with Gasteiger partial charge in [0.05, 0.1) is 24.7 Å². The lowest BCUT2D eigenvalue weighted by atomic mass is 10.3. The minimum Gasteiger partial charge on any atom is -0.481 e. The van der Waals surface area contributed by atoms with E-state index in [2.05, 4.69) is 25.9 Å². The van der Waals surface area contributed by atoms with Crippen LogP contribution < -0.4 is 10.1 Å². The number of para-hydroxylation sites is 2. The van der Waals surface area contributed by atoms with Crippen LogP contribution in [0, 0.1) is 0 Å². The summed E-state index contributed by atoms with van der Waals surface area (Å²) in [6, 6.07) is 12.0. The molecule has 0 unspecified atom stereocenters. The number of hydrogen-bond acceptors (Lipinski definition) is 4. The van der Waals surface area contributed by atoms with Crippen molar-refractivity contribution in [2.75, 3.05) is 7.11 Å². The molecule has 2 heterocycles. The molecule has 1 N–H and O–H groups in total. The normalized spacial score (nSPS) is 11.0. The van der Waals surface area contributed by atoms with Gasteiger partial charge in [-0.15, -0.1) is 0 Å². The molecule has 5 nitrogen and oxygen atoms in total. The summed E-state index contributed by atoms with van der Waals surface area (Å²) >= 11 is 0. The van der Waals surface area contributed by atoms with Crippen molar-refractivity contribution in [3.05, 3.63) is 54.0 Å². The minimum atomic E-state index is 0.633. The number of methoxy groups -OCH3 is 1. The van der Waals surface area contributed by atoms with Crippen LogP contribution in [0.25, 0.3) is 11.0 Å². The predicted molar refractivity (Wildman–Crippen MR) is 82.0 cm³/mol. The smallest absolute Gasteiger partial charge is 0.212 e. The first-order chi connectivity index (χ1) is 10.3. The number of hydrogen-bond donors (Lipinski definition) is 1. The van der Waals surface area contributed by atoms with E-state index in [4.69, 9.17) is 4.74 Å². The SMILES string of the molecule is COc1ccc(CNCc2nc3ccccc3n2C)cn1. The summed E-state index contributed by atoms with van der Waals surface area (Å²) in [4.78, 5) is 8.83. The summed E-state index contributed by atoms with van der Waals surface area (Å²) in [6.45, 7) is 1.47. The van der Waals surface area contributed by atoms with Gasteiger partial charge >= 0.3 is 0 Å². The summed E-state index contributed by atoms with van der Waals surface area (Å²) < 4.78 is 7.17. The fraction of sp³-hybridized carbons (Fsp3) is 0.250. The fourth-order valence-electron chi connectivity index (χ4n) is 2.31. The molecule has 0 aliphatic heterocycles. The summed E-state index contributed by atoms with van der Waals surface area (Å²) in [6.07, 6.45) is 1.82. The standard InChI is InChI=1S/C16H18N4O/c1-20-14-6-4-3-5-13(14)19-15(20)11-17-9-12-7-8-16(21-2)18-10-12/h3-8,10,17H,9,11H2,1-2H3. The highest BCUT2D eigenvalue weighted by Gasteiger charge is 2.06. The molecule has 5 heteroatoms. The van der Waals surface area contributed by atoms with Crippen molar-refractivity contribution in [2.45, 2.75) is 13.1 Å². The lowest BCUT2D eigenvalue weighted by Crippen LogP contribution is -2.15. The average Bonchev–Trinajstić information content (AvgIpc) is 2.85. The third-order valence-electron chi connectivity index (χ3n) is 3.50. The van der Waals surface area contributed by atoms with E-state index in [9.17, 15) is 0 Å². The van der Waals surface area contributed by atoms with Crippen LogP contribution in [-0.4, -0.2) is 21.6 Å². The Morgan fingerprint density at radius 1 is 1.14 bits per heavy atom. The summed E-state index contributed by atoms with van der Waals surface area (Å²) in [5, 5.41) is 3.39. The van der Waals surface area contributed by atoms with Gasteiger partial charge in [0, 0.05) is 25.9 Å². The predicted octanol–water partition coefficient (Wildman–Crippen LogP) is 2.27. The van der Waals surface area contributed by atoms with Crippen LogP contribution in [0.4, 0.5) is 0 Å². The number of benzene rings is 1. The van der Waals surface area contributed by atoms with Gasteiger partial charge in [0.15, 0.2) is 0 Å². The van der Waals surface area contributed by atoms with Crippen molar-refractivity contribution in [1.82, 2.24) is 19.9 Å². The Hall–Kier alpha value is -2.40. The average molecular weight is 282 g/mol. The number of nitrogens with zero attached hydrogens (tertiary/aromatic N) is 3. The molecular formula is C16H18N4O. The van der Waals surface area contributed by atoms with Crippen molar-refractivity contribution in [2.24, 2.45) is 7.05 Å². The maximum absolute atomic E-state index is 5.05. The van der Waals surface area contributed by atoms with Crippen LogP contribution in [0.15, 0.2) is 42.6 Å². The van der Waals surface area contributed by atoms with Crippen LogP contribution in [0.1, 0.15) is 11.4 Å². The second kappa shape index (κ2) is 5.93. The van der Waals surface area contributed by atoms with E-state index in [1.54, 1.807) is 7.11 Å². The number of ether oxygens (including phenoxy) is 1. The van der Waals surface area contributed by atoms with Gasteiger partial charge in [-0.05, 0) is 17.7 Å². The molecule has 1 aromatic carbocycles. The first kappa shape index (κ1) is 13.6. The van der Waals surface area contributed by atoms with E-state index in [1.807, 2.05) is 43.6 Å². The molecular weight excluding hydrogens is 264 g/mol. The summed E-state index contributed by atoms with van der Waals surface area (Å²) in [5.74, 6) is 1.66. The monoisotopic (exact) mass is 282 g/mol. The number of rotatable bonds is 5. The molecule has 2 aromatic heterocycles. The molecule has 0 saturated carbocycles. The fourth-order valence-corrected chi connectivity index (χ4v) is 2.31. The molecule has 108 valence electrons. The maximum atomic E-state index is 5.05. The molecule has 21 heavy (non-hydrogen) atoms. The molecule has 3 rings (SSSR count). The van der Waals surface area contributed by atoms with E-state index in [-0.39, 0.29) is 0 Å². The molecule has 0 spiro atoms. The second-order valence-electron chi connectivity index (χ2n) is 4.89. The Labute approximate surface area is 123 Å². The highest BCUT2D eigenvalue weighted by atomic mass is 16.5. The van der Waals surface area contributed by atoms with Crippen LogP contribution in [0.5, 0.6) is 5.88 Å². The first-order valence-corrected chi connectivity index (χ1v) is 6.88. The molecule has 0 aliphatic carbocycles. The van der Waals surface area contributed by atoms with Crippen molar-refractivity contribution in [3.63, 3.8) is 0 Å². The Morgan fingerprint density at radius 3 is 2.71 bits per heavy atom. The van der Waals surface area contributed by atoms with Gasteiger partial charge in [0.2, 0.25) is 5.88 Å². The van der Waals surface area contributed by atoms with E-state index in [0.29, 0.717) is 5.88 Å². The van der Waals surface area contributed by atoms with Gasteiger partial charge in [-0.3, -0.25) is 0 Å². The minimum absolute atomic E-state index is 0.633. The van der Waals surface area contributed by atoms with E-state index >= 15 is 0 Å². The molecule has 3 aromatic rings. The van der Waals surface area contributed by atoms with Crippen LogP contribution in [-0.2, 0) is 20.1 Å². The number of imidazole rings is 1. The quantitative estimate of drug-likeness (QED) is 0.780. The number of aromatic nitrogens is 3. The number of aryl methyl sites for hydroxylation is 1. The van der Waals surface area contributed by atoms with Crippen LogP contribution in [0.3, 0.4) is 0 Å². The summed E-state index contributed by atoms with van der Waals surface area (Å²) in [5.41, 5.74) is 3.30. The zero-order valence-electron chi connectivity index (χ0n) is 12.2. The molecule has 0 fully saturated rings. The van der Waals surface area contributed by atoms with E-state index in [0.717, 1.165) is 35.5 Å². The zero-order chi connectivity index (χ0) is 14.7. The van der Waals surface area contributed by atoms with Crippen molar-refractivity contribution in [1.29, 1.82) is 0 Å². The highest BCUT2D eigenvalue weighted by Crippen LogP contribution is 2.14. The number of nitrogens with one attached hydrogen (secondary N) is 1. The third kappa shape index (κ3) is 2.87. The van der Waals surface area contributed by atoms with E-state index < -0.39 is 0 Å². The lowest BCUT2D eigenvalue weighted by Gasteiger charge is -2.06. The Bertz CT molecular complexity index is 734. The molecule has 0 bridgehead atoms. The second-order valence-corrected chi connectivity index (χ2v) is 4.89. The molecule has 0 aliphatic rings. The van der Waals surface area contributed by atoms with Crippen LogP contribution >= 0.6 is 0 Å². The third-order valence-corrected chi connectivity index (χ3v) is 3.50. The Morgan fingerprint density at radius 2 is 2.00 bits per heavy atom. The topological polar surface area (TPSA) is 52.0 Å². The maximum Gasteiger partial charge on any atom is 0.212 e. The Kier molecular flexibility index (Phi) is 3.83. The Balaban J connectivity index is 1.64. The first-order valence-electron chi connectivity index (χ1n) is 6.88. The van der Waals surface area contributed by atoms with Gasteiger partial charge in [0.25, 0.3) is 0 Å². The van der Waals surface area contributed by atoms with Gasteiger partial charge < -0.3 is 14.6 Å². The summed E-state index contributed by atoms with van der Waals surface area (Å²) in [7, 11) is 3.66. The number of fused-ring (bicyclic) bond motifs is 1. The van der Waals surface area contributed by atoms with Gasteiger partial charge in [-0.2, -0.15) is 0 Å². The van der Waals surface area contributed by atoms with Crippen molar-refractivity contribution >= 4 is 11.0 Å². The molecule has 0 saturated heterocycles. The van der Waals surface area contributed by atoms with Gasteiger partial charge in [-0.25, -0.2) is 9.97 Å². The van der Waals surface area contributed by atoms with Crippen LogP contribution in [0.2, 0.25) is 0 Å². The largest absolute Gasteiger partial charge is 0.481 e. The molecule has 0 atom stereocenters. The number of pyridine rings is 1. The lowest BCUT2D eigenvalue weighted by molar-refractivity contribution is 0.397. The zero-order valence-corrected chi connectivity index (χ0v) is 12.2. The molecule has 0 amide bonds. The van der Waals surface area contributed by atoms with Crippen molar-refractivity contribution < 1.29 is 4.74 Å². The van der Waals surface area contributed by atoms with E-state index in [1.165, 1.54) is 0 Å². The molecule has 0 radical (unpaired) electrons. The van der Waals surface area contributed by atoms with Gasteiger partial charge in [0.1, 0.15) is 5.82 Å². The highest BCUT2D eigenvalue weighted by molar-refractivity contribution is 5.75. The van der Waals surface area contributed by atoms with Crippen molar-refractivity contribution in [3.8, 4) is 5.88 Å². The van der Waals surface area contributed by atoms with Gasteiger partial charge in [-0.1, -0.05) is 18.2 Å².